The first-order chi connectivity index (χ1) is 8.58. The van der Waals surface area contributed by atoms with Crippen molar-refractivity contribution in [2.45, 2.75) is 32.8 Å². The van der Waals surface area contributed by atoms with E-state index >= 15 is 0 Å². The van der Waals surface area contributed by atoms with E-state index < -0.39 is 6.10 Å². The molecule has 0 saturated heterocycles. The summed E-state index contributed by atoms with van der Waals surface area (Å²) in [7, 11) is 1.57. The third-order valence-electron chi connectivity index (χ3n) is 2.68. The van der Waals surface area contributed by atoms with Crippen molar-refractivity contribution in [1.29, 1.82) is 0 Å². The molecule has 1 atom stereocenters. The van der Waals surface area contributed by atoms with Crippen molar-refractivity contribution in [3.05, 3.63) is 11.4 Å². The van der Waals surface area contributed by atoms with Crippen LogP contribution in [0.25, 0.3) is 0 Å². The fourth-order valence-corrected chi connectivity index (χ4v) is 1.55. The second-order valence-corrected chi connectivity index (χ2v) is 4.18. The number of nitrogens with zero attached hydrogens (tertiary/aromatic N) is 2. The summed E-state index contributed by atoms with van der Waals surface area (Å²) in [5.41, 5.74) is 6.66. The van der Waals surface area contributed by atoms with Gasteiger partial charge < -0.3 is 20.9 Å². The first kappa shape index (κ1) is 14.7. The zero-order chi connectivity index (χ0) is 13.5. The molecular weight excluding hydrogens is 232 g/mol. The number of aliphatic hydroxyl groups excluding tert-OH is 1. The lowest BCUT2D eigenvalue weighted by Gasteiger charge is -2.13. The maximum atomic E-state index is 9.53. The van der Waals surface area contributed by atoms with Crippen molar-refractivity contribution in [3.8, 4) is 0 Å². The predicted octanol–water partition coefficient (Wildman–Crippen LogP) is 0.739. The number of nitrogen functional groups attached to an aromatic ring is 1. The van der Waals surface area contributed by atoms with E-state index in [1.54, 1.807) is 7.11 Å². The van der Waals surface area contributed by atoms with E-state index in [9.17, 15) is 5.11 Å². The van der Waals surface area contributed by atoms with Crippen LogP contribution in [0.2, 0.25) is 0 Å². The maximum Gasteiger partial charge on any atom is 0.134 e. The van der Waals surface area contributed by atoms with E-state index in [0.717, 1.165) is 23.6 Å². The Morgan fingerprint density at radius 1 is 1.44 bits per heavy atom. The van der Waals surface area contributed by atoms with Crippen molar-refractivity contribution >= 4 is 11.6 Å². The molecule has 1 aromatic rings. The average Bonchev–Trinajstić information content (AvgIpc) is 2.34. The van der Waals surface area contributed by atoms with Crippen LogP contribution in [0.4, 0.5) is 11.6 Å². The number of aromatic nitrogens is 2. The molecule has 1 aromatic heterocycles. The monoisotopic (exact) mass is 254 g/mol. The van der Waals surface area contributed by atoms with Crippen molar-refractivity contribution < 1.29 is 9.84 Å². The molecule has 1 rings (SSSR count). The van der Waals surface area contributed by atoms with Gasteiger partial charge in [-0.1, -0.05) is 6.92 Å². The SMILES string of the molecule is CCc1nc(N)c(C)c(NCCC(O)COC)n1. The van der Waals surface area contributed by atoms with Gasteiger partial charge in [-0.15, -0.1) is 0 Å². The molecule has 0 amide bonds. The van der Waals surface area contributed by atoms with Crippen LogP contribution in [0.3, 0.4) is 0 Å². The fraction of sp³-hybridized carbons (Fsp3) is 0.667. The van der Waals surface area contributed by atoms with Gasteiger partial charge in [0.05, 0.1) is 12.7 Å². The van der Waals surface area contributed by atoms with E-state index in [0.29, 0.717) is 25.4 Å². The highest BCUT2D eigenvalue weighted by molar-refractivity contribution is 5.54. The Balaban J connectivity index is 2.58. The van der Waals surface area contributed by atoms with Crippen LogP contribution in [0.15, 0.2) is 0 Å². The van der Waals surface area contributed by atoms with E-state index in [1.165, 1.54) is 0 Å². The Hall–Kier alpha value is -1.40. The van der Waals surface area contributed by atoms with Gasteiger partial charge in [0.1, 0.15) is 17.5 Å². The second-order valence-electron chi connectivity index (χ2n) is 4.18. The molecule has 102 valence electrons. The van der Waals surface area contributed by atoms with Gasteiger partial charge in [0.25, 0.3) is 0 Å². The van der Waals surface area contributed by atoms with Crippen LogP contribution >= 0.6 is 0 Å². The van der Waals surface area contributed by atoms with Crippen molar-refractivity contribution in [2.75, 3.05) is 31.3 Å². The van der Waals surface area contributed by atoms with Crippen LogP contribution < -0.4 is 11.1 Å². The predicted molar refractivity (Wildman–Crippen MR) is 71.5 cm³/mol. The largest absolute Gasteiger partial charge is 0.391 e. The highest BCUT2D eigenvalue weighted by atomic mass is 16.5. The smallest absolute Gasteiger partial charge is 0.134 e. The van der Waals surface area contributed by atoms with Crippen molar-refractivity contribution in [1.82, 2.24) is 9.97 Å². The topological polar surface area (TPSA) is 93.3 Å². The van der Waals surface area contributed by atoms with Crippen LogP contribution in [-0.2, 0) is 11.2 Å². The van der Waals surface area contributed by atoms with Crippen molar-refractivity contribution in [2.24, 2.45) is 0 Å². The Kier molecular flexibility index (Phi) is 5.80. The minimum absolute atomic E-state index is 0.340. The molecule has 0 saturated carbocycles. The summed E-state index contributed by atoms with van der Waals surface area (Å²) in [5.74, 6) is 1.96. The number of hydrogen-bond acceptors (Lipinski definition) is 6. The molecule has 0 radical (unpaired) electrons. The number of hydrogen-bond donors (Lipinski definition) is 3. The minimum Gasteiger partial charge on any atom is -0.391 e. The standard InChI is InChI=1S/C12H22N4O2/c1-4-10-15-11(13)8(2)12(16-10)14-6-5-9(17)7-18-3/h9,17H,4-7H2,1-3H3,(H3,13,14,15,16). The molecule has 0 spiro atoms. The molecule has 0 fully saturated rings. The molecule has 0 aliphatic rings. The normalized spacial score (nSPS) is 12.4. The third-order valence-corrected chi connectivity index (χ3v) is 2.68. The van der Waals surface area contributed by atoms with Gasteiger partial charge in [-0.3, -0.25) is 0 Å². The molecule has 6 nitrogen and oxygen atoms in total. The molecule has 0 aliphatic carbocycles. The van der Waals surface area contributed by atoms with Crippen molar-refractivity contribution in [3.63, 3.8) is 0 Å². The number of nitrogens with two attached hydrogens (primary N) is 1. The van der Waals surface area contributed by atoms with Crippen LogP contribution in [0, 0.1) is 6.92 Å². The zero-order valence-electron chi connectivity index (χ0n) is 11.2. The molecule has 18 heavy (non-hydrogen) atoms. The summed E-state index contributed by atoms with van der Waals surface area (Å²) in [4.78, 5) is 8.56. The Labute approximate surface area is 108 Å². The maximum absolute atomic E-state index is 9.53. The minimum atomic E-state index is -0.465. The van der Waals surface area contributed by atoms with Gasteiger partial charge in [-0.05, 0) is 13.3 Å². The quantitative estimate of drug-likeness (QED) is 0.664. The molecule has 1 unspecified atom stereocenters. The number of aliphatic hydroxyl groups is 1. The van der Waals surface area contributed by atoms with Crippen LogP contribution in [0.1, 0.15) is 24.7 Å². The Morgan fingerprint density at radius 2 is 2.17 bits per heavy atom. The Bertz CT molecular complexity index is 385. The highest BCUT2D eigenvalue weighted by Gasteiger charge is 2.08. The number of aryl methyl sites for hydroxylation is 1. The summed E-state index contributed by atoms with van der Waals surface area (Å²) in [6, 6.07) is 0. The van der Waals surface area contributed by atoms with E-state index in [1.807, 2.05) is 13.8 Å². The fourth-order valence-electron chi connectivity index (χ4n) is 1.55. The summed E-state index contributed by atoms with van der Waals surface area (Å²) >= 11 is 0. The van der Waals surface area contributed by atoms with E-state index in [-0.39, 0.29) is 0 Å². The molecule has 0 bridgehead atoms. The molecule has 6 heteroatoms. The van der Waals surface area contributed by atoms with E-state index in [4.69, 9.17) is 10.5 Å². The van der Waals surface area contributed by atoms with Gasteiger partial charge in [0.2, 0.25) is 0 Å². The van der Waals surface area contributed by atoms with Crippen LogP contribution in [0.5, 0.6) is 0 Å². The van der Waals surface area contributed by atoms with Gasteiger partial charge in [-0.25, -0.2) is 9.97 Å². The lowest BCUT2D eigenvalue weighted by Crippen LogP contribution is -2.19. The summed E-state index contributed by atoms with van der Waals surface area (Å²) < 4.78 is 4.86. The summed E-state index contributed by atoms with van der Waals surface area (Å²) in [6.45, 7) is 4.82. The van der Waals surface area contributed by atoms with E-state index in [2.05, 4.69) is 15.3 Å². The number of ether oxygens (including phenoxy) is 1. The Morgan fingerprint density at radius 3 is 2.78 bits per heavy atom. The number of methoxy groups -OCH3 is 1. The van der Waals surface area contributed by atoms with Crippen LogP contribution in [-0.4, -0.2) is 41.4 Å². The lowest BCUT2D eigenvalue weighted by atomic mass is 10.2. The molecule has 4 N–H and O–H groups in total. The molecule has 0 aromatic carbocycles. The molecular formula is C12H22N4O2. The first-order valence-corrected chi connectivity index (χ1v) is 6.12. The zero-order valence-corrected chi connectivity index (χ0v) is 11.2. The molecule has 0 aliphatic heterocycles. The number of rotatable bonds is 7. The van der Waals surface area contributed by atoms with Gasteiger partial charge in [-0.2, -0.15) is 0 Å². The summed E-state index contributed by atoms with van der Waals surface area (Å²) in [5, 5.41) is 12.7. The second kappa shape index (κ2) is 7.13. The van der Waals surface area contributed by atoms with Gasteiger partial charge in [0, 0.05) is 25.6 Å². The lowest BCUT2D eigenvalue weighted by molar-refractivity contribution is 0.0615. The third kappa shape index (κ3) is 4.12. The van der Waals surface area contributed by atoms with Gasteiger partial charge >= 0.3 is 0 Å². The number of nitrogens with one attached hydrogen (secondary N) is 1. The van der Waals surface area contributed by atoms with Gasteiger partial charge in [0.15, 0.2) is 0 Å². The molecule has 1 heterocycles. The highest BCUT2D eigenvalue weighted by Crippen LogP contribution is 2.17. The average molecular weight is 254 g/mol. The number of anilines is 2. The summed E-state index contributed by atoms with van der Waals surface area (Å²) in [6.07, 6.45) is 0.872. The first-order valence-electron chi connectivity index (χ1n) is 6.12.